The Bertz CT molecular complexity index is 1160. The van der Waals surface area contributed by atoms with E-state index in [-0.39, 0.29) is 18.5 Å². The summed E-state index contributed by atoms with van der Waals surface area (Å²) in [6, 6.07) is 15.8. The van der Waals surface area contributed by atoms with Crippen molar-refractivity contribution < 1.29 is 23.9 Å². The highest BCUT2D eigenvalue weighted by Gasteiger charge is 2.38. The number of nitrogens with zero attached hydrogens (tertiary/aromatic N) is 3. The molecule has 3 amide bonds. The monoisotopic (exact) mass is 506 g/mol. The molecule has 0 radical (unpaired) electrons. The highest BCUT2D eigenvalue weighted by molar-refractivity contribution is 5.95. The molecule has 37 heavy (non-hydrogen) atoms. The van der Waals surface area contributed by atoms with Crippen LogP contribution in [-0.2, 0) is 14.3 Å². The first-order valence-electron chi connectivity index (χ1n) is 12.7. The largest absolute Gasteiger partial charge is 0.463 e. The molecule has 0 bridgehead atoms. The van der Waals surface area contributed by atoms with Gasteiger partial charge in [0.2, 0.25) is 5.91 Å². The van der Waals surface area contributed by atoms with Gasteiger partial charge in [0.05, 0.1) is 18.2 Å². The predicted octanol–water partition coefficient (Wildman–Crippen LogP) is 3.55. The number of benzene rings is 2. The van der Waals surface area contributed by atoms with Crippen LogP contribution in [-0.4, -0.2) is 78.5 Å². The Morgan fingerprint density at radius 2 is 1.68 bits per heavy atom. The lowest BCUT2D eigenvalue weighted by Gasteiger charge is -2.40. The van der Waals surface area contributed by atoms with E-state index < -0.39 is 12.0 Å². The van der Waals surface area contributed by atoms with E-state index in [9.17, 15) is 14.4 Å². The average molecular weight is 507 g/mol. The molecule has 196 valence electrons. The van der Waals surface area contributed by atoms with Crippen molar-refractivity contribution in [1.82, 2.24) is 20.0 Å². The Balaban J connectivity index is 1.69. The van der Waals surface area contributed by atoms with E-state index in [1.165, 1.54) is 0 Å². The number of esters is 1. The van der Waals surface area contributed by atoms with E-state index in [2.05, 4.69) is 10.2 Å². The second kappa shape index (κ2) is 11.9. The van der Waals surface area contributed by atoms with Crippen LogP contribution in [0.4, 0.5) is 4.79 Å². The number of amides is 3. The molecular formula is C28H34N4O5. The molecule has 2 aliphatic heterocycles. The van der Waals surface area contributed by atoms with Crippen molar-refractivity contribution in [1.29, 1.82) is 0 Å². The fourth-order valence-electron chi connectivity index (χ4n) is 4.72. The second-order valence-electron chi connectivity index (χ2n) is 8.98. The zero-order chi connectivity index (χ0) is 26.4. The Hall–Kier alpha value is -3.85. The molecule has 9 nitrogen and oxygen atoms in total. The van der Waals surface area contributed by atoms with Crippen LogP contribution in [0.1, 0.15) is 32.4 Å². The number of carbonyl (C=O) groups excluding carboxylic acids is 3. The van der Waals surface area contributed by atoms with Gasteiger partial charge in [0, 0.05) is 51.9 Å². The number of urea groups is 1. The number of rotatable bonds is 8. The number of piperazine rings is 1. The number of ether oxygens (including phenoxy) is 2. The quantitative estimate of drug-likeness (QED) is 0.551. The van der Waals surface area contributed by atoms with Crippen molar-refractivity contribution in [3.63, 3.8) is 0 Å². The molecule has 2 aromatic rings. The van der Waals surface area contributed by atoms with Gasteiger partial charge in [-0.05, 0) is 43.7 Å². The van der Waals surface area contributed by atoms with Crippen molar-refractivity contribution in [3.8, 4) is 11.5 Å². The van der Waals surface area contributed by atoms with Crippen LogP contribution in [0, 0.1) is 0 Å². The summed E-state index contributed by atoms with van der Waals surface area (Å²) in [6.07, 6.45) is 0. The lowest BCUT2D eigenvalue weighted by Crippen LogP contribution is -2.53. The SMILES string of the molecule is CCOC(=O)C1=C(CN2CCN(C(C)=O)CC2)N(CC)C(=O)N[C@@H]1c1cccc(Oc2ccccc2)c1. The lowest BCUT2D eigenvalue weighted by atomic mass is 9.94. The highest BCUT2D eigenvalue weighted by atomic mass is 16.5. The zero-order valence-electron chi connectivity index (χ0n) is 21.6. The summed E-state index contributed by atoms with van der Waals surface area (Å²) >= 11 is 0. The average Bonchev–Trinajstić information content (AvgIpc) is 2.89. The van der Waals surface area contributed by atoms with Crippen molar-refractivity contribution in [3.05, 3.63) is 71.4 Å². The summed E-state index contributed by atoms with van der Waals surface area (Å²) < 4.78 is 11.5. The summed E-state index contributed by atoms with van der Waals surface area (Å²) in [7, 11) is 0. The first kappa shape index (κ1) is 26.2. The number of para-hydroxylation sites is 1. The van der Waals surface area contributed by atoms with Gasteiger partial charge in [0.1, 0.15) is 11.5 Å². The van der Waals surface area contributed by atoms with Gasteiger partial charge in [-0.2, -0.15) is 0 Å². The smallest absolute Gasteiger partial charge is 0.338 e. The molecule has 0 unspecified atom stereocenters. The Morgan fingerprint density at radius 1 is 0.973 bits per heavy atom. The molecule has 4 rings (SSSR count). The van der Waals surface area contributed by atoms with E-state index in [0.717, 1.165) is 5.56 Å². The summed E-state index contributed by atoms with van der Waals surface area (Å²) in [6.45, 7) is 8.77. The van der Waals surface area contributed by atoms with E-state index in [4.69, 9.17) is 9.47 Å². The molecule has 0 spiro atoms. The molecule has 2 aromatic carbocycles. The maximum atomic E-state index is 13.4. The van der Waals surface area contributed by atoms with Gasteiger partial charge in [-0.25, -0.2) is 9.59 Å². The van der Waals surface area contributed by atoms with Crippen LogP contribution < -0.4 is 10.1 Å². The number of likely N-dealkylation sites (N-methyl/N-ethyl adjacent to an activating group) is 1. The summed E-state index contributed by atoms with van der Waals surface area (Å²) in [5, 5.41) is 3.00. The van der Waals surface area contributed by atoms with Gasteiger partial charge in [0.25, 0.3) is 0 Å². The Morgan fingerprint density at radius 3 is 2.32 bits per heavy atom. The second-order valence-corrected chi connectivity index (χ2v) is 8.98. The molecule has 1 fully saturated rings. The van der Waals surface area contributed by atoms with E-state index in [1.807, 2.05) is 66.4 Å². The maximum Gasteiger partial charge on any atom is 0.338 e. The highest BCUT2D eigenvalue weighted by Crippen LogP contribution is 2.34. The lowest BCUT2D eigenvalue weighted by molar-refractivity contribution is -0.139. The Kier molecular flexibility index (Phi) is 8.45. The van der Waals surface area contributed by atoms with Crippen LogP contribution in [0.3, 0.4) is 0 Å². The first-order chi connectivity index (χ1) is 17.9. The molecular weight excluding hydrogens is 472 g/mol. The number of carbonyl (C=O) groups is 3. The minimum atomic E-state index is -0.692. The molecule has 2 heterocycles. The topological polar surface area (TPSA) is 91.4 Å². The zero-order valence-corrected chi connectivity index (χ0v) is 21.6. The van der Waals surface area contributed by atoms with Gasteiger partial charge in [0.15, 0.2) is 0 Å². The standard InChI is InChI=1S/C28H34N4O5/c1-4-32-24(19-30-14-16-31(17-15-30)20(3)33)25(27(34)36-5-2)26(29-28(32)35)21-10-9-13-23(18-21)37-22-11-7-6-8-12-22/h6-13,18,26H,4-5,14-17,19H2,1-3H3,(H,29,35)/t26-/m1/s1. The third-order valence-electron chi connectivity index (χ3n) is 6.61. The molecule has 0 aromatic heterocycles. The van der Waals surface area contributed by atoms with Crippen LogP contribution >= 0.6 is 0 Å². The Labute approximate surface area is 217 Å². The summed E-state index contributed by atoms with van der Waals surface area (Å²) in [5.74, 6) is 0.880. The molecule has 1 saturated heterocycles. The molecule has 0 aliphatic carbocycles. The number of hydrogen-bond donors (Lipinski definition) is 1. The van der Waals surface area contributed by atoms with Gasteiger partial charge in [-0.15, -0.1) is 0 Å². The first-order valence-corrected chi connectivity index (χ1v) is 12.7. The van der Waals surface area contributed by atoms with Gasteiger partial charge in [-0.1, -0.05) is 30.3 Å². The van der Waals surface area contributed by atoms with Crippen LogP contribution in [0.15, 0.2) is 65.9 Å². The third-order valence-corrected chi connectivity index (χ3v) is 6.61. The fourth-order valence-corrected chi connectivity index (χ4v) is 4.72. The van der Waals surface area contributed by atoms with Crippen molar-refractivity contribution in [2.45, 2.75) is 26.8 Å². The van der Waals surface area contributed by atoms with Gasteiger partial charge >= 0.3 is 12.0 Å². The number of nitrogens with one attached hydrogen (secondary N) is 1. The van der Waals surface area contributed by atoms with E-state index >= 15 is 0 Å². The van der Waals surface area contributed by atoms with Crippen LogP contribution in [0.25, 0.3) is 0 Å². The van der Waals surface area contributed by atoms with E-state index in [0.29, 0.717) is 62.0 Å². The van der Waals surface area contributed by atoms with Gasteiger partial charge < -0.3 is 19.7 Å². The minimum absolute atomic E-state index is 0.0518. The number of hydrogen-bond acceptors (Lipinski definition) is 6. The normalized spacial score (nSPS) is 18.5. The molecule has 1 N–H and O–H groups in total. The van der Waals surface area contributed by atoms with Crippen molar-refractivity contribution in [2.75, 3.05) is 45.9 Å². The molecule has 9 heteroatoms. The van der Waals surface area contributed by atoms with E-state index in [1.54, 1.807) is 18.7 Å². The van der Waals surface area contributed by atoms with Crippen LogP contribution in [0.2, 0.25) is 0 Å². The molecule has 1 atom stereocenters. The molecule has 2 aliphatic rings. The van der Waals surface area contributed by atoms with Crippen LogP contribution in [0.5, 0.6) is 11.5 Å². The summed E-state index contributed by atoms with van der Waals surface area (Å²) in [5.41, 5.74) is 1.76. The van der Waals surface area contributed by atoms with Crippen molar-refractivity contribution in [2.24, 2.45) is 0 Å². The van der Waals surface area contributed by atoms with Crippen molar-refractivity contribution >= 4 is 17.9 Å². The third kappa shape index (κ3) is 6.11. The predicted molar refractivity (Wildman–Crippen MR) is 139 cm³/mol. The fraction of sp³-hybridized carbons (Fsp3) is 0.393. The van der Waals surface area contributed by atoms with Gasteiger partial charge in [-0.3, -0.25) is 14.6 Å². The minimum Gasteiger partial charge on any atom is -0.463 e. The maximum absolute atomic E-state index is 13.4. The molecule has 0 saturated carbocycles. The summed E-state index contributed by atoms with van der Waals surface area (Å²) in [4.78, 5) is 43.9.